The van der Waals surface area contributed by atoms with Crippen LogP contribution < -0.4 is 5.32 Å². The molecule has 3 fully saturated rings. The summed E-state index contributed by atoms with van der Waals surface area (Å²) in [7, 11) is 0. The Hall–Kier alpha value is -0.870. The summed E-state index contributed by atoms with van der Waals surface area (Å²) >= 11 is 1.77. The zero-order valence-corrected chi connectivity index (χ0v) is 13.5. The van der Waals surface area contributed by atoms with E-state index in [-0.39, 0.29) is 11.7 Å². The van der Waals surface area contributed by atoms with Crippen LogP contribution >= 0.6 is 11.3 Å². The topological polar surface area (TPSA) is 32.3 Å². The molecule has 1 aromatic rings. The van der Waals surface area contributed by atoms with Crippen LogP contribution in [0, 0.1) is 5.92 Å². The van der Waals surface area contributed by atoms with Crippen LogP contribution in [-0.4, -0.2) is 22.4 Å². The van der Waals surface area contributed by atoms with E-state index >= 15 is 0 Å². The van der Waals surface area contributed by atoms with Gasteiger partial charge in [0.25, 0.3) is 0 Å². The van der Waals surface area contributed by atoms with E-state index in [9.17, 15) is 4.79 Å². The lowest BCUT2D eigenvalue weighted by atomic mass is 9.83. The average molecular weight is 304 g/mol. The Morgan fingerprint density at radius 2 is 2.10 bits per heavy atom. The maximum absolute atomic E-state index is 12.9. The van der Waals surface area contributed by atoms with Gasteiger partial charge >= 0.3 is 0 Å². The molecule has 1 saturated heterocycles. The number of thiophene rings is 1. The fourth-order valence-corrected chi connectivity index (χ4v) is 4.88. The third-order valence-corrected chi connectivity index (χ3v) is 6.61. The molecule has 1 aromatic heterocycles. The van der Waals surface area contributed by atoms with Crippen molar-refractivity contribution in [2.45, 2.75) is 69.6 Å². The highest BCUT2D eigenvalue weighted by Crippen LogP contribution is 2.48. The van der Waals surface area contributed by atoms with Gasteiger partial charge in [0.1, 0.15) is 11.7 Å². The second kappa shape index (κ2) is 5.10. The molecule has 1 amide bonds. The first kappa shape index (κ1) is 13.8. The van der Waals surface area contributed by atoms with Crippen molar-refractivity contribution in [3.63, 3.8) is 0 Å². The minimum Gasteiger partial charge on any atom is -0.317 e. The first-order chi connectivity index (χ1) is 10.2. The highest BCUT2D eigenvalue weighted by Gasteiger charge is 2.60. The fraction of sp³-hybridized carbons (Fsp3) is 0.706. The maximum Gasteiger partial charge on any atom is 0.244 e. The molecule has 4 heteroatoms. The fourth-order valence-electron chi connectivity index (χ4n) is 4.10. The standard InChI is InChI=1S/C17H24N2OS/c1-2-12-5-7-13(8-6-12)19-15(14-4-3-11-21-14)18-17(9-10-17)16(19)20/h3-4,11-13,15,18H,2,5-10H2,1H3. The molecule has 2 heterocycles. The first-order valence-corrected chi connectivity index (χ1v) is 9.25. The second-order valence-corrected chi connectivity index (χ2v) is 7.92. The second-order valence-electron chi connectivity index (χ2n) is 6.94. The normalized spacial score (nSPS) is 34.6. The average Bonchev–Trinajstić information content (AvgIpc) is 2.98. The highest BCUT2D eigenvalue weighted by molar-refractivity contribution is 7.10. The van der Waals surface area contributed by atoms with E-state index in [1.807, 2.05) is 0 Å². The molecule has 0 radical (unpaired) electrons. The third-order valence-electron chi connectivity index (χ3n) is 5.68. The molecule has 1 atom stereocenters. The molecular formula is C17H24N2OS. The van der Waals surface area contributed by atoms with E-state index in [0.717, 1.165) is 18.8 Å². The van der Waals surface area contributed by atoms with E-state index in [1.54, 1.807) is 11.3 Å². The van der Waals surface area contributed by atoms with Crippen LogP contribution in [-0.2, 0) is 4.79 Å². The number of nitrogens with zero attached hydrogens (tertiary/aromatic N) is 1. The molecule has 1 N–H and O–H groups in total. The van der Waals surface area contributed by atoms with E-state index in [0.29, 0.717) is 11.9 Å². The summed E-state index contributed by atoms with van der Waals surface area (Å²) in [5, 5.41) is 5.77. The summed E-state index contributed by atoms with van der Waals surface area (Å²) in [4.78, 5) is 16.4. The van der Waals surface area contributed by atoms with Crippen LogP contribution in [0.15, 0.2) is 17.5 Å². The minimum absolute atomic E-state index is 0.128. The number of amides is 1. The summed E-state index contributed by atoms with van der Waals surface area (Å²) < 4.78 is 0. The lowest BCUT2D eigenvalue weighted by molar-refractivity contribution is -0.134. The molecular weight excluding hydrogens is 280 g/mol. The molecule has 0 bridgehead atoms. The van der Waals surface area contributed by atoms with Gasteiger partial charge in [-0.2, -0.15) is 0 Å². The highest BCUT2D eigenvalue weighted by atomic mass is 32.1. The van der Waals surface area contributed by atoms with Crippen molar-refractivity contribution in [1.29, 1.82) is 0 Å². The lowest BCUT2D eigenvalue weighted by Gasteiger charge is -2.37. The smallest absolute Gasteiger partial charge is 0.244 e. The van der Waals surface area contributed by atoms with Crippen molar-refractivity contribution in [2.75, 3.05) is 0 Å². The molecule has 1 unspecified atom stereocenters. The number of rotatable bonds is 3. The summed E-state index contributed by atoms with van der Waals surface area (Å²) in [5.41, 5.74) is -0.198. The molecule has 114 valence electrons. The number of nitrogens with one attached hydrogen (secondary N) is 1. The van der Waals surface area contributed by atoms with Gasteiger partial charge in [-0.15, -0.1) is 11.3 Å². The Morgan fingerprint density at radius 1 is 1.33 bits per heavy atom. The van der Waals surface area contributed by atoms with Crippen LogP contribution in [0.25, 0.3) is 0 Å². The van der Waals surface area contributed by atoms with Gasteiger partial charge in [-0.05, 0) is 55.9 Å². The van der Waals surface area contributed by atoms with Crippen molar-refractivity contribution < 1.29 is 4.79 Å². The summed E-state index contributed by atoms with van der Waals surface area (Å²) in [6.45, 7) is 2.29. The zero-order chi connectivity index (χ0) is 14.4. The summed E-state index contributed by atoms with van der Waals surface area (Å²) in [6.07, 6.45) is 8.40. The number of carbonyl (C=O) groups excluding carboxylic acids is 1. The summed E-state index contributed by atoms with van der Waals surface area (Å²) in [6, 6.07) is 4.71. The van der Waals surface area contributed by atoms with Crippen LogP contribution in [0.3, 0.4) is 0 Å². The van der Waals surface area contributed by atoms with Gasteiger partial charge in [0.2, 0.25) is 5.91 Å². The molecule has 4 rings (SSSR count). The molecule has 21 heavy (non-hydrogen) atoms. The quantitative estimate of drug-likeness (QED) is 0.924. The lowest BCUT2D eigenvalue weighted by Crippen LogP contribution is -2.42. The Balaban J connectivity index is 1.57. The third kappa shape index (κ3) is 2.23. The SMILES string of the molecule is CCC1CCC(N2C(=O)C3(CC3)NC2c2cccs2)CC1. The van der Waals surface area contributed by atoms with Gasteiger partial charge in [-0.3, -0.25) is 10.1 Å². The molecule has 3 aliphatic rings. The number of hydrogen-bond acceptors (Lipinski definition) is 3. The summed E-state index contributed by atoms with van der Waals surface area (Å²) in [5.74, 6) is 1.25. The number of hydrogen-bond donors (Lipinski definition) is 1. The van der Waals surface area contributed by atoms with Crippen molar-refractivity contribution in [3.8, 4) is 0 Å². The van der Waals surface area contributed by atoms with Crippen LogP contribution in [0.4, 0.5) is 0 Å². The Morgan fingerprint density at radius 3 is 2.67 bits per heavy atom. The van der Waals surface area contributed by atoms with Gasteiger partial charge in [0, 0.05) is 10.9 Å². The Labute approximate surface area is 130 Å². The van der Waals surface area contributed by atoms with Crippen LogP contribution in [0.5, 0.6) is 0 Å². The molecule has 1 aliphatic heterocycles. The molecule has 2 saturated carbocycles. The van der Waals surface area contributed by atoms with E-state index in [1.165, 1.54) is 37.0 Å². The predicted octanol–water partition coefficient (Wildman–Crippen LogP) is 3.68. The van der Waals surface area contributed by atoms with E-state index < -0.39 is 0 Å². The van der Waals surface area contributed by atoms with Crippen molar-refractivity contribution in [3.05, 3.63) is 22.4 Å². The largest absolute Gasteiger partial charge is 0.317 e. The maximum atomic E-state index is 12.9. The number of carbonyl (C=O) groups is 1. The molecule has 0 aromatic carbocycles. The van der Waals surface area contributed by atoms with Crippen LogP contribution in [0.1, 0.15) is 62.9 Å². The van der Waals surface area contributed by atoms with Crippen molar-refractivity contribution in [1.82, 2.24) is 10.2 Å². The van der Waals surface area contributed by atoms with Gasteiger partial charge < -0.3 is 4.90 Å². The molecule has 3 nitrogen and oxygen atoms in total. The van der Waals surface area contributed by atoms with Gasteiger partial charge in [0.15, 0.2) is 0 Å². The minimum atomic E-state index is -0.198. The first-order valence-electron chi connectivity index (χ1n) is 8.37. The molecule has 1 spiro atoms. The van der Waals surface area contributed by atoms with E-state index in [4.69, 9.17) is 0 Å². The van der Waals surface area contributed by atoms with Gasteiger partial charge in [-0.25, -0.2) is 0 Å². The van der Waals surface area contributed by atoms with E-state index in [2.05, 4.69) is 34.7 Å². The van der Waals surface area contributed by atoms with Crippen LogP contribution in [0.2, 0.25) is 0 Å². The van der Waals surface area contributed by atoms with Gasteiger partial charge in [-0.1, -0.05) is 19.4 Å². The van der Waals surface area contributed by atoms with Crippen molar-refractivity contribution in [2.24, 2.45) is 5.92 Å². The Kier molecular flexibility index (Phi) is 3.34. The Bertz CT molecular complexity index is 515. The van der Waals surface area contributed by atoms with Crippen molar-refractivity contribution >= 4 is 17.2 Å². The zero-order valence-electron chi connectivity index (χ0n) is 12.7. The molecule has 2 aliphatic carbocycles. The predicted molar refractivity (Wildman–Crippen MR) is 85.0 cm³/mol. The monoisotopic (exact) mass is 304 g/mol. The van der Waals surface area contributed by atoms with Gasteiger partial charge in [0.05, 0.1) is 0 Å².